The van der Waals surface area contributed by atoms with Crippen LogP contribution in [0, 0.1) is 0 Å². The number of para-hydroxylation sites is 1. The Bertz CT molecular complexity index is 2000. The Kier molecular flexibility index (Phi) is 6.00. The lowest BCUT2D eigenvalue weighted by atomic mass is 9.96. The highest BCUT2D eigenvalue weighted by Crippen LogP contribution is 2.43. The molecule has 38 heavy (non-hydrogen) atoms. The summed E-state index contributed by atoms with van der Waals surface area (Å²) in [5.41, 5.74) is 8.63. The number of benzene rings is 6. The number of fused-ring (bicyclic) bond motifs is 4. The molecule has 0 saturated heterocycles. The first-order valence-corrected chi connectivity index (χ1v) is 14.6. The third-order valence-electron chi connectivity index (χ3n) is 7.09. The van der Waals surface area contributed by atoms with Gasteiger partial charge in [-0.25, -0.2) is 0 Å². The summed E-state index contributed by atoms with van der Waals surface area (Å²) >= 11 is 11.3. The van der Waals surface area contributed by atoms with E-state index in [0.717, 1.165) is 52.0 Å². The maximum atomic E-state index is 6.52. The quantitative estimate of drug-likeness (QED) is 0.181. The van der Waals surface area contributed by atoms with E-state index in [1.165, 1.54) is 27.5 Å². The monoisotopic (exact) mass is 680 g/mol. The molecule has 0 N–H and O–H groups in total. The van der Waals surface area contributed by atoms with Crippen LogP contribution < -0.4 is 0 Å². The Balaban J connectivity index is 1.40. The zero-order valence-corrected chi connectivity index (χ0v) is 24.8. The number of halogens is 3. The molecule has 0 radical (unpaired) electrons. The van der Waals surface area contributed by atoms with Crippen molar-refractivity contribution in [2.45, 2.75) is 0 Å². The topological polar surface area (TPSA) is 13.1 Å². The fraction of sp³-hybridized carbons (Fsp3) is 0. The van der Waals surface area contributed by atoms with Crippen molar-refractivity contribution in [3.05, 3.63) is 129 Å². The van der Waals surface area contributed by atoms with E-state index in [9.17, 15) is 0 Å². The van der Waals surface area contributed by atoms with Gasteiger partial charge in [-0.3, -0.25) is 0 Å². The van der Waals surface area contributed by atoms with Crippen molar-refractivity contribution in [1.29, 1.82) is 0 Å². The minimum Gasteiger partial charge on any atom is -0.455 e. The van der Waals surface area contributed by atoms with Crippen LogP contribution >= 0.6 is 47.8 Å². The molecule has 1 heterocycles. The van der Waals surface area contributed by atoms with Crippen LogP contribution in [0.5, 0.6) is 0 Å². The molecule has 0 aliphatic rings. The molecular formula is C34H19Br3O. The molecule has 6 aromatic carbocycles. The molecule has 0 aliphatic heterocycles. The second-order valence-corrected chi connectivity index (χ2v) is 12.0. The first-order chi connectivity index (χ1) is 18.6. The largest absolute Gasteiger partial charge is 0.455 e. The molecule has 4 heteroatoms. The van der Waals surface area contributed by atoms with Crippen molar-refractivity contribution in [1.82, 2.24) is 0 Å². The van der Waals surface area contributed by atoms with E-state index in [1.54, 1.807) is 0 Å². The highest BCUT2D eigenvalue weighted by molar-refractivity contribution is 9.11. The molecule has 0 unspecified atom stereocenters. The fourth-order valence-electron chi connectivity index (χ4n) is 5.27. The lowest BCUT2D eigenvalue weighted by molar-refractivity contribution is 0.670. The van der Waals surface area contributed by atoms with Gasteiger partial charge in [-0.05, 0) is 68.9 Å². The second kappa shape index (κ2) is 9.53. The third-order valence-corrected chi connectivity index (χ3v) is 8.89. The van der Waals surface area contributed by atoms with Gasteiger partial charge in [0.2, 0.25) is 0 Å². The highest BCUT2D eigenvalue weighted by Gasteiger charge is 2.17. The Morgan fingerprint density at radius 3 is 2.08 bits per heavy atom. The van der Waals surface area contributed by atoms with E-state index in [4.69, 9.17) is 4.42 Å². The lowest BCUT2D eigenvalue weighted by Crippen LogP contribution is -1.84. The first kappa shape index (κ1) is 23.9. The van der Waals surface area contributed by atoms with Crippen LogP contribution in [-0.2, 0) is 0 Å². The molecule has 0 amide bonds. The summed E-state index contributed by atoms with van der Waals surface area (Å²) in [6.07, 6.45) is 0. The van der Waals surface area contributed by atoms with Crippen LogP contribution in [0.3, 0.4) is 0 Å². The van der Waals surface area contributed by atoms with E-state index in [2.05, 4.69) is 157 Å². The predicted octanol–water partition coefficient (Wildman–Crippen LogP) is 12.0. The van der Waals surface area contributed by atoms with Gasteiger partial charge in [0.1, 0.15) is 11.2 Å². The van der Waals surface area contributed by atoms with Crippen LogP contribution in [0.1, 0.15) is 0 Å². The van der Waals surface area contributed by atoms with Crippen molar-refractivity contribution in [3.8, 4) is 33.4 Å². The molecule has 0 aliphatic carbocycles. The maximum absolute atomic E-state index is 6.52. The zero-order chi connectivity index (χ0) is 25.8. The Hall–Kier alpha value is -3.18. The molecule has 0 saturated carbocycles. The lowest BCUT2D eigenvalue weighted by Gasteiger charge is -2.10. The van der Waals surface area contributed by atoms with Crippen LogP contribution in [-0.4, -0.2) is 0 Å². The van der Waals surface area contributed by atoms with Crippen molar-refractivity contribution in [2.75, 3.05) is 0 Å². The normalized spacial score (nSPS) is 11.6. The van der Waals surface area contributed by atoms with Crippen molar-refractivity contribution >= 4 is 80.5 Å². The van der Waals surface area contributed by atoms with Crippen molar-refractivity contribution < 1.29 is 4.42 Å². The van der Waals surface area contributed by atoms with Gasteiger partial charge in [-0.15, -0.1) is 0 Å². The molecule has 1 nitrogen and oxygen atoms in total. The van der Waals surface area contributed by atoms with Crippen molar-refractivity contribution in [2.24, 2.45) is 0 Å². The molecule has 0 spiro atoms. The van der Waals surface area contributed by atoms with Crippen molar-refractivity contribution in [3.63, 3.8) is 0 Å². The fourth-order valence-corrected chi connectivity index (χ4v) is 6.77. The first-order valence-electron chi connectivity index (χ1n) is 12.3. The van der Waals surface area contributed by atoms with E-state index >= 15 is 0 Å². The van der Waals surface area contributed by atoms with E-state index in [0.29, 0.717) is 0 Å². The molecule has 0 bridgehead atoms. The van der Waals surface area contributed by atoms with Crippen LogP contribution in [0.2, 0.25) is 0 Å². The Morgan fingerprint density at radius 2 is 1.24 bits per heavy atom. The van der Waals surface area contributed by atoms with Gasteiger partial charge in [0.05, 0.1) is 0 Å². The summed E-state index contributed by atoms with van der Waals surface area (Å²) in [6.45, 7) is 0. The summed E-state index contributed by atoms with van der Waals surface area (Å²) in [4.78, 5) is 0. The van der Waals surface area contributed by atoms with Gasteiger partial charge in [-0.1, -0.05) is 133 Å². The molecule has 7 aromatic rings. The summed E-state index contributed by atoms with van der Waals surface area (Å²) in [7, 11) is 0. The van der Waals surface area contributed by atoms with Gasteiger partial charge in [0.15, 0.2) is 0 Å². The van der Waals surface area contributed by atoms with E-state index in [-0.39, 0.29) is 0 Å². The van der Waals surface area contributed by atoms with Gasteiger partial charge in [0.25, 0.3) is 0 Å². The van der Waals surface area contributed by atoms with Gasteiger partial charge >= 0.3 is 0 Å². The van der Waals surface area contributed by atoms with E-state index < -0.39 is 0 Å². The minimum atomic E-state index is 0.865. The zero-order valence-electron chi connectivity index (χ0n) is 20.0. The number of rotatable bonds is 3. The molecule has 0 fully saturated rings. The predicted molar refractivity (Wildman–Crippen MR) is 171 cm³/mol. The minimum absolute atomic E-state index is 0.865. The standard InChI is InChI=1S/C34H19Br3O/c35-23-14-12-21-8-4-10-26(28(21)17-23)29-18-30-27-11-5-9-25(34(27)38-33(30)19-32(29)37)22-13-15-24(31(36)16-22)20-6-2-1-3-7-20/h1-19H. The van der Waals surface area contributed by atoms with Gasteiger partial charge in [0, 0.05) is 29.8 Å². The number of furan rings is 1. The smallest absolute Gasteiger partial charge is 0.143 e. The van der Waals surface area contributed by atoms with Gasteiger partial charge < -0.3 is 4.42 Å². The number of hydrogen-bond donors (Lipinski definition) is 0. The maximum Gasteiger partial charge on any atom is 0.143 e. The van der Waals surface area contributed by atoms with Crippen LogP contribution in [0.25, 0.3) is 66.1 Å². The SMILES string of the molecule is Brc1ccc2cccc(-c3cc4c(cc3Br)oc3c(-c5ccc(-c6ccccc6)c(Br)c5)cccc34)c2c1. The van der Waals surface area contributed by atoms with E-state index in [1.807, 2.05) is 6.07 Å². The molecular weight excluding hydrogens is 664 g/mol. The molecule has 182 valence electrons. The average molecular weight is 683 g/mol. The third kappa shape index (κ3) is 4.03. The summed E-state index contributed by atoms with van der Waals surface area (Å²) in [6, 6.07) is 40.5. The summed E-state index contributed by atoms with van der Waals surface area (Å²) < 4.78 is 9.65. The average Bonchev–Trinajstić information content (AvgIpc) is 3.30. The molecule has 0 atom stereocenters. The van der Waals surface area contributed by atoms with Crippen LogP contribution in [0.15, 0.2) is 133 Å². The summed E-state index contributed by atoms with van der Waals surface area (Å²) in [5, 5.41) is 4.63. The molecule has 7 rings (SSSR count). The van der Waals surface area contributed by atoms with Crippen LogP contribution in [0.4, 0.5) is 0 Å². The number of hydrogen-bond acceptors (Lipinski definition) is 1. The Morgan fingerprint density at radius 1 is 0.447 bits per heavy atom. The Labute approximate surface area is 245 Å². The molecule has 1 aromatic heterocycles. The highest BCUT2D eigenvalue weighted by atomic mass is 79.9. The summed E-state index contributed by atoms with van der Waals surface area (Å²) in [5.74, 6) is 0. The van der Waals surface area contributed by atoms with Gasteiger partial charge in [-0.2, -0.15) is 0 Å². The second-order valence-electron chi connectivity index (χ2n) is 9.34.